The standard InChI is InChI=1S/C14H16F3NO2/c1-18(8-9-20-2)10-12(13(19)14(15,16)17)11-6-4-3-5-7-11/h3-7,10H,8-9H2,1-2H3/b12-10-. The van der Waals surface area contributed by atoms with E-state index in [2.05, 4.69) is 0 Å². The number of hydrogen-bond donors (Lipinski definition) is 0. The molecule has 0 aliphatic heterocycles. The third-order valence-corrected chi connectivity index (χ3v) is 2.58. The molecule has 0 aliphatic carbocycles. The summed E-state index contributed by atoms with van der Waals surface area (Å²) in [7, 11) is 3.09. The summed E-state index contributed by atoms with van der Waals surface area (Å²) in [6.07, 6.45) is -3.70. The molecule has 0 aromatic heterocycles. The van der Waals surface area contributed by atoms with E-state index in [9.17, 15) is 18.0 Å². The molecule has 6 heteroatoms. The third kappa shape index (κ3) is 4.70. The first-order valence-corrected chi connectivity index (χ1v) is 5.94. The maximum absolute atomic E-state index is 12.7. The maximum Gasteiger partial charge on any atom is 0.454 e. The Morgan fingerprint density at radius 1 is 1.30 bits per heavy atom. The van der Waals surface area contributed by atoms with Crippen molar-refractivity contribution in [2.45, 2.75) is 6.18 Å². The van der Waals surface area contributed by atoms with Gasteiger partial charge in [-0.05, 0) is 5.56 Å². The average molecular weight is 287 g/mol. The van der Waals surface area contributed by atoms with Crippen LogP contribution < -0.4 is 0 Å². The van der Waals surface area contributed by atoms with Crippen molar-refractivity contribution in [3.05, 3.63) is 42.1 Å². The number of methoxy groups -OCH3 is 1. The van der Waals surface area contributed by atoms with E-state index in [0.717, 1.165) is 0 Å². The number of benzene rings is 1. The number of Topliss-reactive ketones (excluding diaryl/α,β-unsaturated/α-hetero) is 1. The van der Waals surface area contributed by atoms with Gasteiger partial charge in [0.2, 0.25) is 0 Å². The normalized spacial score (nSPS) is 12.3. The summed E-state index contributed by atoms with van der Waals surface area (Å²) in [5.41, 5.74) is -0.143. The molecule has 1 rings (SSSR count). The molecule has 110 valence electrons. The Morgan fingerprint density at radius 2 is 1.90 bits per heavy atom. The third-order valence-electron chi connectivity index (χ3n) is 2.58. The minimum atomic E-state index is -4.90. The number of nitrogens with zero attached hydrogens (tertiary/aromatic N) is 1. The van der Waals surface area contributed by atoms with Crippen LogP contribution in [0.1, 0.15) is 5.56 Å². The van der Waals surface area contributed by atoms with Crippen LogP contribution in [0.15, 0.2) is 36.5 Å². The van der Waals surface area contributed by atoms with Gasteiger partial charge in [0.15, 0.2) is 0 Å². The van der Waals surface area contributed by atoms with Crippen molar-refractivity contribution in [2.24, 2.45) is 0 Å². The van der Waals surface area contributed by atoms with Crippen molar-refractivity contribution >= 4 is 11.4 Å². The molecule has 0 atom stereocenters. The average Bonchev–Trinajstić information content (AvgIpc) is 2.41. The predicted octanol–water partition coefficient (Wildman–Crippen LogP) is 2.74. The first-order valence-electron chi connectivity index (χ1n) is 5.94. The highest BCUT2D eigenvalue weighted by Crippen LogP contribution is 2.27. The highest BCUT2D eigenvalue weighted by atomic mass is 19.4. The van der Waals surface area contributed by atoms with Crippen LogP contribution >= 0.6 is 0 Å². The molecular weight excluding hydrogens is 271 g/mol. The van der Waals surface area contributed by atoms with Crippen LogP contribution in [0.2, 0.25) is 0 Å². The SMILES string of the molecule is COCCN(C)/C=C(\C(=O)C(F)(F)F)c1ccccc1. The van der Waals surface area contributed by atoms with Gasteiger partial charge in [-0.25, -0.2) is 0 Å². The second-order valence-corrected chi connectivity index (χ2v) is 4.21. The van der Waals surface area contributed by atoms with Crippen LogP contribution in [-0.4, -0.2) is 44.2 Å². The Hall–Kier alpha value is -1.82. The lowest BCUT2D eigenvalue weighted by atomic mass is 10.0. The number of alkyl halides is 3. The van der Waals surface area contributed by atoms with Gasteiger partial charge in [-0.1, -0.05) is 30.3 Å². The van der Waals surface area contributed by atoms with E-state index in [1.807, 2.05) is 0 Å². The molecule has 3 nitrogen and oxygen atoms in total. The lowest BCUT2D eigenvalue weighted by molar-refractivity contribution is -0.164. The molecule has 0 saturated carbocycles. The fourth-order valence-corrected chi connectivity index (χ4v) is 1.55. The monoisotopic (exact) mass is 287 g/mol. The Labute approximate surface area is 115 Å². The van der Waals surface area contributed by atoms with Crippen molar-refractivity contribution in [2.75, 3.05) is 27.3 Å². The zero-order valence-electron chi connectivity index (χ0n) is 11.3. The van der Waals surface area contributed by atoms with Crippen LogP contribution in [0.4, 0.5) is 13.2 Å². The molecule has 0 aliphatic rings. The lowest BCUT2D eigenvalue weighted by Crippen LogP contribution is -2.26. The molecule has 0 bridgehead atoms. The quantitative estimate of drug-likeness (QED) is 0.753. The van der Waals surface area contributed by atoms with Crippen molar-refractivity contribution < 1.29 is 22.7 Å². The molecule has 0 heterocycles. The van der Waals surface area contributed by atoms with Gasteiger partial charge < -0.3 is 9.64 Å². The van der Waals surface area contributed by atoms with Gasteiger partial charge in [-0.2, -0.15) is 13.2 Å². The van der Waals surface area contributed by atoms with Gasteiger partial charge in [-0.15, -0.1) is 0 Å². The van der Waals surface area contributed by atoms with Gasteiger partial charge >= 0.3 is 6.18 Å². The number of rotatable bonds is 6. The summed E-state index contributed by atoms with van der Waals surface area (Å²) in [5, 5.41) is 0. The van der Waals surface area contributed by atoms with Crippen molar-refractivity contribution in [1.82, 2.24) is 4.90 Å². The van der Waals surface area contributed by atoms with E-state index in [-0.39, 0.29) is 11.1 Å². The number of ketones is 1. The molecule has 0 unspecified atom stereocenters. The second-order valence-electron chi connectivity index (χ2n) is 4.21. The van der Waals surface area contributed by atoms with Crippen molar-refractivity contribution in [3.8, 4) is 0 Å². The zero-order valence-corrected chi connectivity index (χ0v) is 11.3. The second kappa shape index (κ2) is 7.09. The smallest absolute Gasteiger partial charge is 0.383 e. The van der Waals surface area contributed by atoms with Crippen LogP contribution in [-0.2, 0) is 9.53 Å². The van der Waals surface area contributed by atoms with Crippen LogP contribution in [0.25, 0.3) is 5.57 Å². The van der Waals surface area contributed by atoms with Crippen LogP contribution in [0.5, 0.6) is 0 Å². The van der Waals surface area contributed by atoms with E-state index in [4.69, 9.17) is 4.74 Å². The first kappa shape index (κ1) is 16.2. The molecular formula is C14H16F3NO2. The number of carbonyl (C=O) groups is 1. The Morgan fingerprint density at radius 3 is 2.40 bits per heavy atom. The van der Waals surface area contributed by atoms with Gasteiger partial charge in [0, 0.05) is 26.9 Å². The Bertz CT molecular complexity index is 469. The minimum absolute atomic E-state index is 0.235. The van der Waals surface area contributed by atoms with Gasteiger partial charge in [-0.3, -0.25) is 4.79 Å². The topological polar surface area (TPSA) is 29.5 Å². The molecule has 0 spiro atoms. The summed E-state index contributed by atoms with van der Waals surface area (Å²) < 4.78 is 42.8. The summed E-state index contributed by atoms with van der Waals surface area (Å²) >= 11 is 0. The fourth-order valence-electron chi connectivity index (χ4n) is 1.55. The van der Waals surface area contributed by atoms with E-state index in [1.54, 1.807) is 25.2 Å². The number of hydrogen-bond acceptors (Lipinski definition) is 3. The largest absolute Gasteiger partial charge is 0.454 e. The number of ether oxygens (including phenoxy) is 1. The highest BCUT2D eigenvalue weighted by molar-refractivity contribution is 6.23. The Kier molecular flexibility index (Phi) is 5.76. The maximum atomic E-state index is 12.7. The number of likely N-dealkylation sites (N-methyl/N-ethyl adjacent to an activating group) is 1. The van der Waals surface area contributed by atoms with Crippen molar-refractivity contribution in [3.63, 3.8) is 0 Å². The number of allylic oxidation sites excluding steroid dienone is 1. The highest BCUT2D eigenvalue weighted by Gasteiger charge is 2.41. The summed E-state index contributed by atoms with van der Waals surface area (Å²) in [6, 6.07) is 7.79. The van der Waals surface area contributed by atoms with Gasteiger partial charge in [0.1, 0.15) is 0 Å². The lowest BCUT2D eigenvalue weighted by Gasteiger charge is -2.17. The molecule has 0 fully saturated rings. The number of halogens is 3. The Balaban J connectivity index is 3.09. The predicted molar refractivity (Wildman–Crippen MR) is 70.0 cm³/mol. The van der Waals surface area contributed by atoms with Gasteiger partial charge in [0.25, 0.3) is 5.78 Å². The first-order chi connectivity index (χ1) is 9.36. The van der Waals surface area contributed by atoms with E-state index >= 15 is 0 Å². The number of carbonyl (C=O) groups excluding carboxylic acids is 1. The van der Waals surface area contributed by atoms with Crippen molar-refractivity contribution in [1.29, 1.82) is 0 Å². The summed E-state index contributed by atoms with van der Waals surface area (Å²) in [4.78, 5) is 13.0. The molecule has 1 aromatic carbocycles. The molecule has 0 amide bonds. The van der Waals surface area contributed by atoms with Crippen LogP contribution in [0.3, 0.4) is 0 Å². The fraction of sp³-hybridized carbons (Fsp3) is 0.357. The van der Waals surface area contributed by atoms with Gasteiger partial charge in [0.05, 0.1) is 12.2 Å². The molecule has 0 N–H and O–H groups in total. The minimum Gasteiger partial charge on any atom is -0.383 e. The van der Waals surface area contributed by atoms with E-state index in [0.29, 0.717) is 13.2 Å². The molecule has 20 heavy (non-hydrogen) atoms. The van der Waals surface area contributed by atoms with E-state index in [1.165, 1.54) is 30.3 Å². The summed E-state index contributed by atoms with van der Waals surface area (Å²) in [6.45, 7) is 0.743. The van der Waals surface area contributed by atoms with Crippen LogP contribution in [0, 0.1) is 0 Å². The zero-order chi connectivity index (χ0) is 15.2. The molecule has 0 radical (unpaired) electrons. The van der Waals surface area contributed by atoms with E-state index < -0.39 is 12.0 Å². The summed E-state index contributed by atoms with van der Waals surface area (Å²) in [5.74, 6) is -1.85. The molecule has 0 saturated heterocycles. The molecule has 1 aromatic rings.